The summed E-state index contributed by atoms with van der Waals surface area (Å²) in [6.45, 7) is 2.01. The van der Waals surface area contributed by atoms with Crippen molar-refractivity contribution in [2.75, 3.05) is 18.3 Å². The molecule has 0 fully saturated rings. The van der Waals surface area contributed by atoms with Crippen molar-refractivity contribution in [1.29, 1.82) is 0 Å². The van der Waals surface area contributed by atoms with E-state index in [4.69, 9.17) is 16.3 Å². The van der Waals surface area contributed by atoms with Gasteiger partial charge in [-0.1, -0.05) is 11.6 Å². The van der Waals surface area contributed by atoms with Crippen LogP contribution in [0.1, 0.15) is 17.3 Å². The standard InChI is InChI=1S/C23H18BrClF2N2O3S/c1-11-10-29(2)23(31)12-5-16(24)22(30)21(6-12)33-28-19-8-14(17(26)9-18(19)27)15-7-13(25)3-4-20(15)32-11/h3-9,11,28,30H,10H2,1-2H3. The minimum atomic E-state index is -0.823. The number of carbonyl (C=O) groups is 1. The lowest BCUT2D eigenvalue weighted by molar-refractivity contribution is 0.0727. The molecule has 0 radical (unpaired) electrons. The third-order valence-electron chi connectivity index (χ3n) is 5.04. The smallest absolute Gasteiger partial charge is 0.253 e. The summed E-state index contributed by atoms with van der Waals surface area (Å²) in [5, 5.41) is 10.8. The summed E-state index contributed by atoms with van der Waals surface area (Å²) < 4.78 is 38.6. The maximum Gasteiger partial charge on any atom is 0.253 e. The van der Waals surface area contributed by atoms with Gasteiger partial charge < -0.3 is 19.5 Å². The molecule has 0 saturated heterocycles. The number of nitrogens with zero attached hydrogens (tertiary/aromatic N) is 1. The lowest BCUT2D eigenvalue weighted by atomic mass is 10.0. The number of anilines is 1. The Morgan fingerprint density at radius 3 is 2.70 bits per heavy atom. The molecule has 0 saturated carbocycles. The predicted molar refractivity (Wildman–Crippen MR) is 129 cm³/mol. The number of hydrogen-bond donors (Lipinski definition) is 2. The third kappa shape index (κ3) is 4.90. The number of hydrogen-bond acceptors (Lipinski definition) is 5. The molecule has 1 amide bonds. The van der Waals surface area contributed by atoms with Gasteiger partial charge in [0, 0.05) is 34.8 Å². The van der Waals surface area contributed by atoms with Crippen LogP contribution in [0.25, 0.3) is 11.1 Å². The Bertz CT molecular complexity index is 1260. The molecule has 1 heterocycles. The molecule has 5 nitrogen and oxygen atoms in total. The van der Waals surface area contributed by atoms with E-state index in [1.807, 2.05) is 0 Å². The molecular weight excluding hydrogens is 538 g/mol. The van der Waals surface area contributed by atoms with Crippen LogP contribution < -0.4 is 9.46 Å². The molecule has 4 bridgehead atoms. The highest BCUT2D eigenvalue weighted by atomic mass is 79.9. The van der Waals surface area contributed by atoms with Gasteiger partial charge in [-0.15, -0.1) is 0 Å². The number of fused-ring (bicyclic) bond motifs is 6. The fourth-order valence-electron chi connectivity index (χ4n) is 3.48. The van der Waals surface area contributed by atoms with Gasteiger partial charge in [-0.25, -0.2) is 8.78 Å². The number of amides is 1. The fraction of sp³-hybridized carbons (Fsp3) is 0.174. The van der Waals surface area contributed by atoms with Crippen LogP contribution in [0.2, 0.25) is 5.02 Å². The Labute approximate surface area is 207 Å². The van der Waals surface area contributed by atoms with E-state index in [0.29, 0.717) is 26.4 Å². The molecule has 1 aliphatic heterocycles. The van der Waals surface area contributed by atoms with Gasteiger partial charge in [0.25, 0.3) is 5.91 Å². The van der Waals surface area contributed by atoms with Crippen molar-refractivity contribution < 1.29 is 23.4 Å². The van der Waals surface area contributed by atoms with Crippen LogP contribution in [0, 0.1) is 11.6 Å². The second-order valence-electron chi connectivity index (χ2n) is 7.58. The number of aromatic hydroxyl groups is 1. The topological polar surface area (TPSA) is 61.8 Å². The van der Waals surface area contributed by atoms with Crippen LogP contribution >= 0.6 is 39.5 Å². The lowest BCUT2D eigenvalue weighted by Gasteiger charge is -2.24. The summed E-state index contributed by atoms with van der Waals surface area (Å²) in [5.41, 5.74) is 0.730. The lowest BCUT2D eigenvalue weighted by Crippen LogP contribution is -2.35. The first-order valence-electron chi connectivity index (χ1n) is 9.80. The van der Waals surface area contributed by atoms with Gasteiger partial charge in [0.2, 0.25) is 0 Å². The van der Waals surface area contributed by atoms with Gasteiger partial charge in [0.05, 0.1) is 21.6 Å². The summed E-state index contributed by atoms with van der Waals surface area (Å²) in [5.74, 6) is -1.68. The van der Waals surface area contributed by atoms with E-state index in [2.05, 4.69) is 20.7 Å². The molecule has 2 N–H and O–H groups in total. The number of phenols is 1. The number of nitrogens with one attached hydrogen (secondary N) is 1. The molecule has 3 aromatic rings. The predicted octanol–water partition coefficient (Wildman–Crippen LogP) is 6.73. The van der Waals surface area contributed by atoms with Crippen molar-refractivity contribution in [1.82, 2.24) is 4.90 Å². The largest absolute Gasteiger partial charge is 0.506 e. The SMILES string of the molecule is CC1CN(C)C(=O)c2cc(Br)c(O)c(c2)SNc2cc(c(F)cc2F)-c2cc(Cl)ccc2O1. The Hall–Kier alpha value is -2.49. The van der Waals surface area contributed by atoms with Crippen LogP contribution in [0.4, 0.5) is 14.5 Å². The van der Waals surface area contributed by atoms with Crippen molar-refractivity contribution in [3.05, 3.63) is 69.2 Å². The van der Waals surface area contributed by atoms with Gasteiger partial charge in [-0.05, 0) is 71.2 Å². The molecule has 0 aliphatic carbocycles. The van der Waals surface area contributed by atoms with Crippen LogP contribution in [0.15, 0.2) is 51.8 Å². The molecule has 33 heavy (non-hydrogen) atoms. The fourth-order valence-corrected chi connectivity index (χ4v) is 5.01. The number of rotatable bonds is 0. The quantitative estimate of drug-likeness (QED) is 0.301. The summed E-state index contributed by atoms with van der Waals surface area (Å²) in [6, 6.07) is 9.85. The molecule has 3 aromatic carbocycles. The first kappa shape index (κ1) is 23.7. The van der Waals surface area contributed by atoms with Crippen molar-refractivity contribution in [3.63, 3.8) is 0 Å². The first-order valence-corrected chi connectivity index (χ1v) is 11.8. The highest BCUT2D eigenvalue weighted by molar-refractivity contribution is 9.10. The number of benzene rings is 3. The molecule has 10 heteroatoms. The minimum absolute atomic E-state index is 0.0189. The van der Waals surface area contributed by atoms with Crippen molar-refractivity contribution in [3.8, 4) is 22.6 Å². The van der Waals surface area contributed by atoms with Gasteiger partial charge in [0.15, 0.2) is 0 Å². The molecule has 0 aromatic heterocycles. The number of likely N-dealkylation sites (N-methyl/N-ethyl adjacent to an activating group) is 1. The molecule has 1 unspecified atom stereocenters. The monoisotopic (exact) mass is 554 g/mol. The van der Waals surface area contributed by atoms with Gasteiger partial charge in [-0.2, -0.15) is 0 Å². The number of carbonyl (C=O) groups excluding carboxylic acids is 1. The second-order valence-corrected chi connectivity index (χ2v) is 9.71. The highest BCUT2D eigenvalue weighted by Gasteiger charge is 2.22. The van der Waals surface area contributed by atoms with Crippen molar-refractivity contribution in [2.24, 2.45) is 0 Å². The van der Waals surface area contributed by atoms with Crippen LogP contribution in [0.5, 0.6) is 11.5 Å². The number of halogens is 4. The summed E-state index contributed by atoms with van der Waals surface area (Å²) in [6.07, 6.45) is -0.459. The maximum absolute atomic E-state index is 14.8. The van der Waals surface area contributed by atoms with E-state index in [1.165, 1.54) is 29.2 Å². The zero-order chi connectivity index (χ0) is 23.9. The van der Waals surface area contributed by atoms with Crippen LogP contribution in [-0.4, -0.2) is 35.6 Å². The van der Waals surface area contributed by atoms with Gasteiger partial charge >= 0.3 is 0 Å². The Morgan fingerprint density at radius 1 is 1.18 bits per heavy atom. The third-order valence-corrected chi connectivity index (χ3v) is 6.73. The average molecular weight is 556 g/mol. The van der Waals surface area contributed by atoms with Gasteiger partial charge in [0.1, 0.15) is 29.2 Å². The van der Waals surface area contributed by atoms with E-state index in [0.717, 1.165) is 18.0 Å². The average Bonchev–Trinajstić information content (AvgIpc) is 2.76. The molecule has 172 valence electrons. The van der Waals surface area contributed by atoms with Crippen molar-refractivity contribution >= 4 is 51.1 Å². The van der Waals surface area contributed by atoms with Crippen LogP contribution in [0.3, 0.4) is 0 Å². The molecule has 1 aliphatic rings. The van der Waals surface area contributed by atoms with E-state index in [-0.39, 0.29) is 34.3 Å². The van der Waals surface area contributed by atoms with E-state index >= 15 is 0 Å². The maximum atomic E-state index is 14.8. The zero-order valence-electron chi connectivity index (χ0n) is 17.5. The summed E-state index contributed by atoms with van der Waals surface area (Å²) >= 11 is 10.3. The first-order chi connectivity index (χ1) is 15.6. The number of ether oxygens (including phenoxy) is 1. The number of phenolic OH excluding ortho intramolecular Hbond substituents is 1. The molecular formula is C23H18BrClF2N2O3S. The Morgan fingerprint density at radius 2 is 1.94 bits per heavy atom. The van der Waals surface area contributed by atoms with E-state index in [1.54, 1.807) is 26.1 Å². The summed E-state index contributed by atoms with van der Waals surface area (Å²) in [7, 11) is 1.63. The Balaban J connectivity index is 1.89. The second kappa shape index (κ2) is 9.40. The zero-order valence-corrected chi connectivity index (χ0v) is 20.6. The summed E-state index contributed by atoms with van der Waals surface area (Å²) in [4.78, 5) is 14.8. The normalized spacial score (nSPS) is 16.2. The molecule has 0 spiro atoms. The highest BCUT2D eigenvalue weighted by Crippen LogP contribution is 2.40. The van der Waals surface area contributed by atoms with Crippen molar-refractivity contribution in [2.45, 2.75) is 17.9 Å². The van der Waals surface area contributed by atoms with Crippen LogP contribution in [-0.2, 0) is 0 Å². The van der Waals surface area contributed by atoms with Gasteiger partial charge in [-0.3, -0.25) is 4.79 Å². The van der Waals surface area contributed by atoms with E-state index < -0.39 is 17.7 Å². The molecule has 1 atom stereocenters. The molecule has 4 rings (SSSR count). The van der Waals surface area contributed by atoms with E-state index in [9.17, 15) is 18.7 Å². The Kier molecular flexibility index (Phi) is 6.74. The minimum Gasteiger partial charge on any atom is -0.506 e.